The SMILES string of the molecule is C=CCNC(=O)C(C)OC(=O)c1cc(Br)c(OCCC)c(OC)c1. The number of rotatable bonds is 9. The van der Waals surface area contributed by atoms with Crippen molar-refractivity contribution in [3.63, 3.8) is 0 Å². The number of ether oxygens (including phenoxy) is 3. The molecule has 0 aromatic heterocycles. The molecule has 0 aliphatic carbocycles. The van der Waals surface area contributed by atoms with Crippen LogP contribution in [-0.2, 0) is 9.53 Å². The zero-order chi connectivity index (χ0) is 18.1. The smallest absolute Gasteiger partial charge is 0.339 e. The predicted molar refractivity (Wildman–Crippen MR) is 94.6 cm³/mol. The number of esters is 1. The molecule has 1 aromatic carbocycles. The molecule has 1 rings (SSSR count). The average molecular weight is 400 g/mol. The Labute approximate surface area is 150 Å². The van der Waals surface area contributed by atoms with Crippen LogP contribution in [0.1, 0.15) is 30.6 Å². The average Bonchev–Trinajstić information content (AvgIpc) is 2.57. The number of carbonyl (C=O) groups is 2. The fraction of sp³-hybridized carbons (Fsp3) is 0.412. The number of carbonyl (C=O) groups excluding carboxylic acids is 2. The van der Waals surface area contributed by atoms with Gasteiger partial charge in [0.25, 0.3) is 5.91 Å². The molecule has 1 amide bonds. The molecule has 1 N–H and O–H groups in total. The molecule has 6 nitrogen and oxygen atoms in total. The summed E-state index contributed by atoms with van der Waals surface area (Å²) in [5.41, 5.74) is 0.256. The molecule has 0 aliphatic heterocycles. The summed E-state index contributed by atoms with van der Waals surface area (Å²) >= 11 is 3.36. The maximum atomic E-state index is 12.2. The van der Waals surface area contributed by atoms with Crippen LogP contribution in [0.5, 0.6) is 11.5 Å². The van der Waals surface area contributed by atoms with Gasteiger partial charge in [0.1, 0.15) is 0 Å². The Morgan fingerprint density at radius 2 is 2.12 bits per heavy atom. The predicted octanol–water partition coefficient (Wildman–Crippen LogP) is 3.09. The standard InChI is InChI=1S/C17H22BrNO5/c1-5-7-19-16(20)11(3)24-17(21)12-9-13(18)15(23-8-6-2)14(10-12)22-4/h5,9-11H,1,6-8H2,2-4H3,(H,19,20). The molecule has 0 heterocycles. The highest BCUT2D eigenvalue weighted by molar-refractivity contribution is 9.10. The number of nitrogens with one attached hydrogen (secondary N) is 1. The van der Waals surface area contributed by atoms with E-state index in [1.165, 1.54) is 20.1 Å². The van der Waals surface area contributed by atoms with Crippen LogP contribution in [0, 0.1) is 0 Å². The summed E-state index contributed by atoms with van der Waals surface area (Å²) in [6, 6.07) is 3.09. The zero-order valence-corrected chi connectivity index (χ0v) is 15.6. The van der Waals surface area contributed by atoms with E-state index in [0.29, 0.717) is 29.1 Å². The Bertz CT molecular complexity index is 603. The monoisotopic (exact) mass is 399 g/mol. The number of hydrogen-bond acceptors (Lipinski definition) is 5. The minimum atomic E-state index is -0.918. The van der Waals surface area contributed by atoms with Crippen molar-refractivity contribution in [1.82, 2.24) is 5.32 Å². The summed E-state index contributed by atoms with van der Waals surface area (Å²) in [7, 11) is 1.49. The van der Waals surface area contributed by atoms with E-state index in [1.54, 1.807) is 12.1 Å². The molecule has 0 bridgehead atoms. The van der Waals surface area contributed by atoms with Crippen LogP contribution in [0.25, 0.3) is 0 Å². The van der Waals surface area contributed by atoms with Crippen molar-refractivity contribution in [1.29, 1.82) is 0 Å². The molecule has 0 fully saturated rings. The van der Waals surface area contributed by atoms with E-state index in [2.05, 4.69) is 27.8 Å². The summed E-state index contributed by atoms with van der Waals surface area (Å²) in [6.07, 6.45) is 1.47. The van der Waals surface area contributed by atoms with Crippen LogP contribution in [0.2, 0.25) is 0 Å². The van der Waals surface area contributed by atoms with Crippen molar-refractivity contribution in [3.05, 3.63) is 34.8 Å². The number of methoxy groups -OCH3 is 1. The van der Waals surface area contributed by atoms with Crippen molar-refractivity contribution in [3.8, 4) is 11.5 Å². The van der Waals surface area contributed by atoms with Gasteiger partial charge in [-0.1, -0.05) is 13.0 Å². The third kappa shape index (κ3) is 5.56. The van der Waals surface area contributed by atoms with Gasteiger partial charge in [0.2, 0.25) is 0 Å². The minimum Gasteiger partial charge on any atom is -0.493 e. The van der Waals surface area contributed by atoms with Crippen molar-refractivity contribution in [2.75, 3.05) is 20.3 Å². The van der Waals surface area contributed by atoms with Crippen LogP contribution >= 0.6 is 15.9 Å². The van der Waals surface area contributed by atoms with E-state index < -0.39 is 18.0 Å². The lowest BCUT2D eigenvalue weighted by molar-refractivity contribution is -0.128. The Kier molecular flexibility index (Phi) is 8.32. The minimum absolute atomic E-state index is 0.256. The summed E-state index contributed by atoms with van der Waals surface area (Å²) in [5, 5.41) is 2.57. The van der Waals surface area contributed by atoms with E-state index in [0.717, 1.165) is 6.42 Å². The molecule has 132 valence electrons. The highest BCUT2D eigenvalue weighted by atomic mass is 79.9. The summed E-state index contributed by atoms with van der Waals surface area (Å²) in [5.74, 6) is -0.0873. The summed E-state index contributed by atoms with van der Waals surface area (Å²) in [4.78, 5) is 24.0. The van der Waals surface area contributed by atoms with Crippen LogP contribution in [-0.4, -0.2) is 38.2 Å². The van der Waals surface area contributed by atoms with Gasteiger partial charge in [0.15, 0.2) is 17.6 Å². The van der Waals surface area contributed by atoms with Crippen molar-refractivity contribution >= 4 is 27.8 Å². The van der Waals surface area contributed by atoms with E-state index in [9.17, 15) is 9.59 Å². The first-order valence-corrected chi connectivity index (χ1v) is 8.33. The van der Waals surface area contributed by atoms with Gasteiger partial charge in [-0.2, -0.15) is 0 Å². The maximum Gasteiger partial charge on any atom is 0.339 e. The van der Waals surface area contributed by atoms with Crippen LogP contribution in [0.3, 0.4) is 0 Å². The molecular formula is C17H22BrNO5. The fourth-order valence-electron chi connectivity index (χ4n) is 1.78. The van der Waals surface area contributed by atoms with E-state index in [-0.39, 0.29) is 5.56 Å². The summed E-state index contributed by atoms with van der Waals surface area (Å²) in [6.45, 7) is 7.83. The van der Waals surface area contributed by atoms with E-state index in [4.69, 9.17) is 14.2 Å². The van der Waals surface area contributed by atoms with Crippen LogP contribution in [0.4, 0.5) is 0 Å². The zero-order valence-electron chi connectivity index (χ0n) is 14.1. The van der Waals surface area contributed by atoms with Gasteiger partial charge in [-0.05, 0) is 41.4 Å². The van der Waals surface area contributed by atoms with E-state index >= 15 is 0 Å². The Morgan fingerprint density at radius 3 is 2.71 bits per heavy atom. The number of hydrogen-bond donors (Lipinski definition) is 1. The van der Waals surface area contributed by atoms with Crippen molar-refractivity contribution in [2.24, 2.45) is 0 Å². The van der Waals surface area contributed by atoms with Crippen molar-refractivity contribution < 1.29 is 23.8 Å². The van der Waals surface area contributed by atoms with Crippen LogP contribution < -0.4 is 14.8 Å². The van der Waals surface area contributed by atoms with Gasteiger partial charge in [-0.15, -0.1) is 6.58 Å². The second kappa shape index (κ2) is 9.97. The first kappa shape index (κ1) is 20.0. The normalized spacial score (nSPS) is 11.3. The molecule has 7 heteroatoms. The van der Waals surface area contributed by atoms with Gasteiger partial charge in [-0.25, -0.2) is 4.79 Å². The fourth-order valence-corrected chi connectivity index (χ4v) is 2.34. The van der Waals surface area contributed by atoms with Gasteiger partial charge in [0, 0.05) is 6.54 Å². The highest BCUT2D eigenvalue weighted by Gasteiger charge is 2.21. The lowest BCUT2D eigenvalue weighted by atomic mass is 10.2. The Balaban J connectivity index is 2.89. The number of halogens is 1. The third-order valence-electron chi connectivity index (χ3n) is 2.99. The van der Waals surface area contributed by atoms with E-state index in [1.807, 2.05) is 6.92 Å². The van der Waals surface area contributed by atoms with Gasteiger partial charge < -0.3 is 19.5 Å². The van der Waals surface area contributed by atoms with Crippen molar-refractivity contribution in [2.45, 2.75) is 26.4 Å². The van der Waals surface area contributed by atoms with Gasteiger partial charge >= 0.3 is 5.97 Å². The second-order valence-electron chi connectivity index (χ2n) is 4.92. The van der Waals surface area contributed by atoms with Crippen LogP contribution in [0.15, 0.2) is 29.3 Å². The topological polar surface area (TPSA) is 73.9 Å². The first-order chi connectivity index (χ1) is 11.4. The largest absolute Gasteiger partial charge is 0.493 e. The first-order valence-electron chi connectivity index (χ1n) is 7.54. The molecule has 0 aliphatic rings. The van der Waals surface area contributed by atoms with Gasteiger partial charge in [-0.3, -0.25) is 4.79 Å². The second-order valence-corrected chi connectivity index (χ2v) is 5.77. The Morgan fingerprint density at radius 1 is 1.42 bits per heavy atom. The quantitative estimate of drug-likeness (QED) is 0.510. The lowest BCUT2D eigenvalue weighted by Gasteiger charge is -2.15. The molecular weight excluding hydrogens is 378 g/mol. The number of benzene rings is 1. The maximum absolute atomic E-state index is 12.2. The molecule has 1 atom stereocenters. The summed E-state index contributed by atoms with van der Waals surface area (Å²) < 4.78 is 16.6. The molecule has 0 saturated heterocycles. The van der Waals surface area contributed by atoms with Gasteiger partial charge in [0.05, 0.1) is 23.8 Å². The molecule has 1 aromatic rings. The highest BCUT2D eigenvalue weighted by Crippen LogP contribution is 2.37. The Hall–Kier alpha value is -2.02. The third-order valence-corrected chi connectivity index (χ3v) is 3.58. The molecule has 24 heavy (non-hydrogen) atoms. The molecule has 0 saturated carbocycles. The molecule has 0 radical (unpaired) electrons. The lowest BCUT2D eigenvalue weighted by Crippen LogP contribution is -2.35. The molecule has 0 spiro atoms. The molecule has 1 unspecified atom stereocenters. The number of amides is 1.